The van der Waals surface area contributed by atoms with Gasteiger partial charge in [-0.25, -0.2) is 0 Å². The minimum absolute atomic E-state index is 0.457. The van der Waals surface area contributed by atoms with Crippen molar-refractivity contribution < 1.29 is 13.8 Å². The molecule has 9 heavy (non-hydrogen) atoms. The van der Waals surface area contributed by atoms with E-state index in [1.165, 1.54) is 0 Å². The van der Waals surface area contributed by atoms with Gasteiger partial charge in [0.15, 0.2) is 8.69 Å². The van der Waals surface area contributed by atoms with E-state index in [9.17, 15) is 4.57 Å². The molecule has 0 aliphatic rings. The van der Waals surface area contributed by atoms with Crippen molar-refractivity contribution in [3.63, 3.8) is 0 Å². The molecule has 1 unspecified atom stereocenters. The summed E-state index contributed by atoms with van der Waals surface area (Å²) in [5.41, 5.74) is 0. The van der Waals surface area contributed by atoms with Gasteiger partial charge in [0, 0.05) is 6.61 Å². The van der Waals surface area contributed by atoms with E-state index < -0.39 is 8.69 Å². The molecule has 0 fully saturated rings. The Bertz CT molecular complexity index is 67.2. The Labute approximate surface area is 56.6 Å². The summed E-state index contributed by atoms with van der Waals surface area (Å²) < 4.78 is 19.4. The first-order chi connectivity index (χ1) is 4.41. The normalized spacial score (nSPS) is 11.2. The zero-order valence-corrected chi connectivity index (χ0v) is 6.79. The topological polar surface area (TPSA) is 35.5 Å². The van der Waals surface area contributed by atoms with Crippen LogP contribution in [-0.4, -0.2) is 19.8 Å². The number of ether oxygens (including phenoxy) is 1. The fourth-order valence-electron chi connectivity index (χ4n) is 0.402. The van der Waals surface area contributed by atoms with Crippen molar-refractivity contribution in [1.29, 1.82) is 0 Å². The van der Waals surface area contributed by atoms with Crippen molar-refractivity contribution in [2.45, 2.75) is 13.3 Å². The van der Waals surface area contributed by atoms with Gasteiger partial charge in [-0.3, -0.25) is 4.57 Å². The van der Waals surface area contributed by atoms with E-state index in [1.54, 1.807) is 0 Å². The van der Waals surface area contributed by atoms with Crippen LogP contribution >= 0.6 is 8.69 Å². The van der Waals surface area contributed by atoms with E-state index in [0.29, 0.717) is 13.2 Å². The zero-order valence-electron chi connectivity index (χ0n) is 5.63. The molecule has 0 bridgehead atoms. The largest absolute Gasteiger partial charge is 0.379 e. The predicted octanol–water partition coefficient (Wildman–Crippen LogP) is 1.10. The Kier molecular flexibility index (Phi) is 8.29. The number of hydrogen-bond donors (Lipinski definition) is 0. The SMILES string of the molecule is CCCOCCO[PH2]=O. The number of rotatable bonds is 6. The first kappa shape index (κ1) is 9.15. The molecule has 0 spiro atoms. The first-order valence-corrected chi connectivity index (χ1v) is 3.99. The van der Waals surface area contributed by atoms with E-state index >= 15 is 0 Å². The molecule has 56 valence electrons. The minimum Gasteiger partial charge on any atom is -0.379 e. The molecular weight excluding hydrogens is 139 g/mol. The van der Waals surface area contributed by atoms with Gasteiger partial charge in [0.2, 0.25) is 0 Å². The molecule has 0 saturated carbocycles. The lowest BCUT2D eigenvalue weighted by Crippen LogP contribution is -1.99. The second-order valence-corrected chi connectivity index (χ2v) is 2.11. The summed E-state index contributed by atoms with van der Waals surface area (Å²) in [5.74, 6) is 0. The Morgan fingerprint density at radius 2 is 2.11 bits per heavy atom. The third-order valence-electron chi connectivity index (χ3n) is 0.762. The monoisotopic (exact) mass is 152 g/mol. The summed E-state index contributed by atoms with van der Waals surface area (Å²) in [7, 11) is -1.06. The molecule has 0 aromatic rings. The molecule has 0 heterocycles. The lowest BCUT2D eigenvalue weighted by atomic mass is 10.5. The van der Waals surface area contributed by atoms with E-state index in [0.717, 1.165) is 13.0 Å². The minimum atomic E-state index is -1.06. The van der Waals surface area contributed by atoms with Crippen LogP contribution in [0.15, 0.2) is 0 Å². The highest BCUT2D eigenvalue weighted by Gasteiger charge is 1.83. The van der Waals surface area contributed by atoms with Crippen molar-refractivity contribution in [2.24, 2.45) is 0 Å². The summed E-state index contributed by atoms with van der Waals surface area (Å²) in [6, 6.07) is 0. The first-order valence-electron chi connectivity index (χ1n) is 3.04. The van der Waals surface area contributed by atoms with Crippen molar-refractivity contribution in [2.75, 3.05) is 19.8 Å². The highest BCUT2D eigenvalue weighted by Crippen LogP contribution is 1.92. The number of hydrogen-bond acceptors (Lipinski definition) is 3. The average molecular weight is 152 g/mol. The van der Waals surface area contributed by atoms with Gasteiger partial charge in [0.1, 0.15) is 0 Å². The maximum absolute atomic E-state index is 9.77. The Morgan fingerprint density at radius 1 is 1.33 bits per heavy atom. The third-order valence-corrected chi connectivity index (χ3v) is 1.13. The van der Waals surface area contributed by atoms with Crippen molar-refractivity contribution in [3.05, 3.63) is 0 Å². The highest BCUT2D eigenvalue weighted by atomic mass is 31.1. The van der Waals surface area contributed by atoms with Crippen LogP contribution in [0.4, 0.5) is 0 Å². The Morgan fingerprint density at radius 3 is 2.67 bits per heavy atom. The fourth-order valence-corrected chi connectivity index (χ4v) is 0.594. The molecule has 0 aliphatic carbocycles. The summed E-state index contributed by atoms with van der Waals surface area (Å²) in [4.78, 5) is 0. The molecule has 4 heteroatoms. The van der Waals surface area contributed by atoms with Crippen LogP contribution in [0.1, 0.15) is 13.3 Å². The fraction of sp³-hybridized carbons (Fsp3) is 1.00. The van der Waals surface area contributed by atoms with Gasteiger partial charge in [0.05, 0.1) is 13.2 Å². The van der Waals surface area contributed by atoms with Gasteiger partial charge in [-0.15, -0.1) is 0 Å². The van der Waals surface area contributed by atoms with Crippen LogP contribution in [0.25, 0.3) is 0 Å². The van der Waals surface area contributed by atoms with Crippen LogP contribution in [-0.2, 0) is 13.8 Å². The molecule has 0 radical (unpaired) electrons. The molecular formula is C5H13O3P. The zero-order chi connectivity index (χ0) is 6.95. The van der Waals surface area contributed by atoms with Gasteiger partial charge in [0.25, 0.3) is 0 Å². The van der Waals surface area contributed by atoms with Crippen LogP contribution < -0.4 is 0 Å². The smallest absolute Gasteiger partial charge is 0.180 e. The van der Waals surface area contributed by atoms with E-state index in [1.807, 2.05) is 6.92 Å². The summed E-state index contributed by atoms with van der Waals surface area (Å²) in [5, 5.41) is 0. The molecule has 0 aromatic heterocycles. The summed E-state index contributed by atoms with van der Waals surface area (Å²) in [6.07, 6.45) is 1.02. The second kappa shape index (κ2) is 8.15. The molecule has 0 amide bonds. The standard InChI is InChI=1S/C5H13O3P/c1-2-3-7-4-5-8-9-6/h2-5,9H2,1H3. The molecule has 0 N–H and O–H groups in total. The molecule has 1 atom stereocenters. The highest BCUT2D eigenvalue weighted by molar-refractivity contribution is 7.17. The predicted molar refractivity (Wildman–Crippen MR) is 37.5 cm³/mol. The Hall–Kier alpha value is 0.150. The van der Waals surface area contributed by atoms with Gasteiger partial charge < -0.3 is 9.26 Å². The van der Waals surface area contributed by atoms with Crippen LogP contribution in [0, 0.1) is 0 Å². The van der Waals surface area contributed by atoms with Crippen molar-refractivity contribution >= 4 is 8.69 Å². The van der Waals surface area contributed by atoms with E-state index in [2.05, 4.69) is 4.52 Å². The Balaban J connectivity index is 2.66. The van der Waals surface area contributed by atoms with Crippen LogP contribution in [0.2, 0.25) is 0 Å². The van der Waals surface area contributed by atoms with Crippen LogP contribution in [0.3, 0.4) is 0 Å². The van der Waals surface area contributed by atoms with Crippen molar-refractivity contribution in [1.82, 2.24) is 0 Å². The third kappa shape index (κ3) is 8.15. The van der Waals surface area contributed by atoms with E-state index in [-0.39, 0.29) is 0 Å². The van der Waals surface area contributed by atoms with Gasteiger partial charge >= 0.3 is 0 Å². The maximum Gasteiger partial charge on any atom is 0.180 e. The second-order valence-electron chi connectivity index (χ2n) is 1.58. The van der Waals surface area contributed by atoms with Crippen molar-refractivity contribution in [3.8, 4) is 0 Å². The van der Waals surface area contributed by atoms with Gasteiger partial charge in [-0.1, -0.05) is 6.92 Å². The molecule has 0 rings (SSSR count). The van der Waals surface area contributed by atoms with Gasteiger partial charge in [-0.2, -0.15) is 0 Å². The van der Waals surface area contributed by atoms with Crippen LogP contribution in [0.5, 0.6) is 0 Å². The summed E-state index contributed by atoms with van der Waals surface area (Å²) in [6.45, 7) is 3.82. The summed E-state index contributed by atoms with van der Waals surface area (Å²) >= 11 is 0. The van der Waals surface area contributed by atoms with E-state index in [4.69, 9.17) is 4.74 Å². The molecule has 0 aliphatic heterocycles. The lowest BCUT2D eigenvalue weighted by Gasteiger charge is -1.98. The quantitative estimate of drug-likeness (QED) is 0.422. The van der Waals surface area contributed by atoms with Gasteiger partial charge in [-0.05, 0) is 6.42 Å². The molecule has 3 nitrogen and oxygen atoms in total. The molecule has 0 aromatic carbocycles. The lowest BCUT2D eigenvalue weighted by molar-refractivity contribution is 0.105. The average Bonchev–Trinajstić information content (AvgIpc) is 1.89. The molecule has 0 saturated heterocycles. The maximum atomic E-state index is 9.77.